The molecule has 0 aliphatic rings. The highest BCUT2D eigenvalue weighted by Gasteiger charge is 2.12. The third-order valence-electron chi connectivity index (χ3n) is 3.04. The molecule has 1 heterocycles. The summed E-state index contributed by atoms with van der Waals surface area (Å²) in [6.45, 7) is 0. The third kappa shape index (κ3) is 2.78. The van der Waals surface area contributed by atoms with Crippen molar-refractivity contribution in [3.63, 3.8) is 0 Å². The first-order valence-electron chi connectivity index (χ1n) is 6.19. The smallest absolute Gasteiger partial charge is 0.162 e. The Morgan fingerprint density at radius 3 is 2.62 bits per heavy atom. The number of hydrogen-bond acceptors (Lipinski definition) is 3. The highest BCUT2D eigenvalue weighted by atomic mass is 79.9. The number of nitrogens with zero attached hydrogens (tertiary/aromatic N) is 2. The first-order chi connectivity index (χ1) is 10.1. The van der Waals surface area contributed by atoms with E-state index < -0.39 is 0 Å². The van der Waals surface area contributed by atoms with Gasteiger partial charge in [0.05, 0.1) is 5.52 Å². The molecule has 0 saturated carbocycles. The number of anilines is 1. The zero-order valence-electron chi connectivity index (χ0n) is 11.0. The lowest BCUT2D eigenvalue weighted by Gasteiger charge is -2.10. The molecule has 3 aromatic rings. The van der Waals surface area contributed by atoms with Gasteiger partial charge in [0.25, 0.3) is 0 Å². The van der Waals surface area contributed by atoms with Crippen molar-refractivity contribution in [3.8, 4) is 11.4 Å². The number of aromatic nitrogens is 2. The molecule has 0 saturated heterocycles. The second kappa shape index (κ2) is 5.69. The second-order valence-corrected chi connectivity index (χ2v) is 6.21. The van der Waals surface area contributed by atoms with Crippen LogP contribution in [0.4, 0.5) is 10.2 Å². The summed E-state index contributed by atoms with van der Waals surface area (Å²) in [5.74, 6) is 0.868. The van der Waals surface area contributed by atoms with Crippen molar-refractivity contribution >= 4 is 48.6 Å². The van der Waals surface area contributed by atoms with Crippen LogP contribution >= 0.6 is 31.9 Å². The maximum atomic E-state index is 13.4. The summed E-state index contributed by atoms with van der Waals surface area (Å²) in [7, 11) is 1.80. The van der Waals surface area contributed by atoms with Gasteiger partial charge in [0.1, 0.15) is 11.6 Å². The molecule has 1 aromatic heterocycles. The molecule has 0 radical (unpaired) electrons. The van der Waals surface area contributed by atoms with E-state index >= 15 is 0 Å². The van der Waals surface area contributed by atoms with Crippen LogP contribution in [0.5, 0.6) is 0 Å². The van der Waals surface area contributed by atoms with Gasteiger partial charge in [0, 0.05) is 26.9 Å². The molecule has 0 aliphatic heterocycles. The van der Waals surface area contributed by atoms with Gasteiger partial charge >= 0.3 is 0 Å². The first kappa shape index (κ1) is 14.4. The van der Waals surface area contributed by atoms with Crippen LogP contribution < -0.4 is 5.32 Å². The van der Waals surface area contributed by atoms with Crippen molar-refractivity contribution < 1.29 is 4.39 Å². The van der Waals surface area contributed by atoms with Gasteiger partial charge in [-0.25, -0.2) is 14.4 Å². The summed E-state index contributed by atoms with van der Waals surface area (Å²) in [4.78, 5) is 9.03. The Morgan fingerprint density at radius 1 is 1.10 bits per heavy atom. The molecule has 21 heavy (non-hydrogen) atoms. The molecule has 0 atom stereocenters. The number of hydrogen-bond donors (Lipinski definition) is 1. The molecule has 0 fully saturated rings. The SMILES string of the molecule is CNc1nc(-c2cccc(F)c2)nc2c(Br)cc(Br)cc12. The summed E-state index contributed by atoms with van der Waals surface area (Å²) in [5, 5.41) is 3.95. The van der Waals surface area contributed by atoms with Gasteiger partial charge < -0.3 is 5.32 Å². The van der Waals surface area contributed by atoms with E-state index in [1.165, 1.54) is 12.1 Å². The molecule has 6 heteroatoms. The van der Waals surface area contributed by atoms with E-state index in [9.17, 15) is 4.39 Å². The third-order valence-corrected chi connectivity index (χ3v) is 4.10. The summed E-state index contributed by atoms with van der Waals surface area (Å²) in [6, 6.07) is 10.1. The minimum absolute atomic E-state index is 0.308. The van der Waals surface area contributed by atoms with E-state index in [0.717, 1.165) is 19.8 Å². The number of fused-ring (bicyclic) bond motifs is 1. The van der Waals surface area contributed by atoms with E-state index in [2.05, 4.69) is 47.1 Å². The molecule has 3 rings (SSSR count). The molecule has 3 nitrogen and oxygen atoms in total. The number of halogens is 3. The van der Waals surface area contributed by atoms with Crippen LogP contribution in [0.25, 0.3) is 22.3 Å². The van der Waals surface area contributed by atoms with Gasteiger partial charge in [-0.15, -0.1) is 0 Å². The molecule has 106 valence electrons. The molecule has 0 spiro atoms. The number of nitrogens with one attached hydrogen (secondary N) is 1. The molecule has 0 aliphatic carbocycles. The molecule has 0 amide bonds. The zero-order chi connectivity index (χ0) is 15.0. The highest BCUT2D eigenvalue weighted by molar-refractivity contribution is 9.11. The Bertz CT molecular complexity index is 837. The maximum Gasteiger partial charge on any atom is 0.162 e. The lowest BCUT2D eigenvalue weighted by molar-refractivity contribution is 0.628. The van der Waals surface area contributed by atoms with Crippen LogP contribution in [0.15, 0.2) is 45.3 Å². The predicted octanol–water partition coefficient (Wildman–Crippen LogP) is 5.00. The van der Waals surface area contributed by atoms with Crippen molar-refractivity contribution in [2.45, 2.75) is 0 Å². The lowest BCUT2D eigenvalue weighted by Crippen LogP contribution is -1.99. The van der Waals surface area contributed by atoms with Crippen LogP contribution in [0.1, 0.15) is 0 Å². The van der Waals surface area contributed by atoms with Crippen molar-refractivity contribution in [1.29, 1.82) is 0 Å². The van der Waals surface area contributed by atoms with E-state index in [4.69, 9.17) is 0 Å². The topological polar surface area (TPSA) is 37.8 Å². The van der Waals surface area contributed by atoms with Gasteiger partial charge in [-0.3, -0.25) is 0 Å². The molecular formula is C15H10Br2FN3. The Kier molecular flexibility index (Phi) is 3.91. The quantitative estimate of drug-likeness (QED) is 0.645. The summed E-state index contributed by atoms with van der Waals surface area (Å²) in [6.07, 6.45) is 0. The fraction of sp³-hybridized carbons (Fsp3) is 0.0667. The van der Waals surface area contributed by atoms with Crippen molar-refractivity contribution in [3.05, 3.63) is 51.2 Å². The Labute approximate surface area is 137 Å². The standard InChI is InChI=1S/C15H10Br2FN3/c1-19-15-11-6-9(16)7-12(17)13(11)20-14(21-15)8-3-2-4-10(18)5-8/h2-7H,1H3,(H,19,20,21). The maximum absolute atomic E-state index is 13.4. The van der Waals surface area contributed by atoms with E-state index in [1.807, 2.05) is 12.1 Å². The monoisotopic (exact) mass is 409 g/mol. The molecule has 0 bridgehead atoms. The van der Waals surface area contributed by atoms with Crippen molar-refractivity contribution in [2.75, 3.05) is 12.4 Å². The largest absolute Gasteiger partial charge is 0.373 e. The Balaban J connectivity index is 2.31. The predicted molar refractivity (Wildman–Crippen MR) is 89.9 cm³/mol. The highest BCUT2D eigenvalue weighted by Crippen LogP contribution is 2.32. The minimum Gasteiger partial charge on any atom is -0.373 e. The molecular weight excluding hydrogens is 401 g/mol. The van der Waals surface area contributed by atoms with Crippen LogP contribution in [0.2, 0.25) is 0 Å². The van der Waals surface area contributed by atoms with Crippen LogP contribution in [-0.4, -0.2) is 17.0 Å². The second-order valence-electron chi connectivity index (χ2n) is 4.44. The number of rotatable bonds is 2. The minimum atomic E-state index is -0.308. The summed E-state index contributed by atoms with van der Waals surface area (Å²) in [5.41, 5.74) is 1.42. The normalized spacial score (nSPS) is 10.9. The summed E-state index contributed by atoms with van der Waals surface area (Å²) >= 11 is 6.97. The lowest BCUT2D eigenvalue weighted by atomic mass is 10.2. The van der Waals surface area contributed by atoms with Gasteiger partial charge in [0.2, 0.25) is 0 Å². The van der Waals surface area contributed by atoms with Gasteiger partial charge in [-0.1, -0.05) is 28.1 Å². The Morgan fingerprint density at radius 2 is 1.90 bits per heavy atom. The first-order valence-corrected chi connectivity index (χ1v) is 7.77. The van der Waals surface area contributed by atoms with Crippen LogP contribution in [0.3, 0.4) is 0 Å². The molecule has 2 aromatic carbocycles. The van der Waals surface area contributed by atoms with Crippen LogP contribution in [0, 0.1) is 5.82 Å². The van der Waals surface area contributed by atoms with E-state index in [0.29, 0.717) is 17.2 Å². The van der Waals surface area contributed by atoms with E-state index in [-0.39, 0.29) is 5.82 Å². The van der Waals surface area contributed by atoms with Gasteiger partial charge in [0.15, 0.2) is 5.82 Å². The van der Waals surface area contributed by atoms with Crippen molar-refractivity contribution in [2.24, 2.45) is 0 Å². The van der Waals surface area contributed by atoms with Crippen molar-refractivity contribution in [1.82, 2.24) is 9.97 Å². The van der Waals surface area contributed by atoms with Gasteiger partial charge in [-0.05, 0) is 40.2 Å². The van der Waals surface area contributed by atoms with Gasteiger partial charge in [-0.2, -0.15) is 0 Å². The fourth-order valence-corrected chi connectivity index (χ4v) is 3.42. The number of benzene rings is 2. The van der Waals surface area contributed by atoms with E-state index in [1.54, 1.807) is 19.2 Å². The molecule has 0 unspecified atom stereocenters. The average Bonchev–Trinajstić information content (AvgIpc) is 2.46. The average molecular weight is 411 g/mol. The zero-order valence-corrected chi connectivity index (χ0v) is 14.2. The Hall–Kier alpha value is -1.53. The van der Waals surface area contributed by atoms with Crippen LogP contribution in [-0.2, 0) is 0 Å². The molecule has 1 N–H and O–H groups in total. The fourth-order valence-electron chi connectivity index (χ4n) is 2.10. The summed E-state index contributed by atoms with van der Waals surface area (Å²) < 4.78 is 15.2.